The highest BCUT2D eigenvalue weighted by Gasteiger charge is 2.19. The summed E-state index contributed by atoms with van der Waals surface area (Å²) >= 11 is 0. The fraction of sp³-hybridized carbons (Fsp3) is 0.588. The zero-order valence-corrected chi connectivity index (χ0v) is 12.8. The van der Waals surface area contributed by atoms with Crippen molar-refractivity contribution < 1.29 is 9.53 Å². The molecule has 1 heterocycles. The summed E-state index contributed by atoms with van der Waals surface area (Å²) in [6.45, 7) is 9.75. The first-order chi connectivity index (χ1) is 9.58. The van der Waals surface area contributed by atoms with E-state index in [-0.39, 0.29) is 5.78 Å². The summed E-state index contributed by atoms with van der Waals surface area (Å²) in [6.07, 6.45) is 1.97. The predicted molar refractivity (Wildman–Crippen MR) is 81.3 cm³/mol. The van der Waals surface area contributed by atoms with E-state index in [1.807, 2.05) is 26.0 Å². The van der Waals surface area contributed by atoms with Crippen LogP contribution in [0.5, 0.6) is 0 Å². The molecular formula is C17H25NO2. The predicted octanol–water partition coefficient (Wildman–Crippen LogP) is 2.99. The molecule has 110 valence electrons. The minimum absolute atomic E-state index is 0.247. The number of nitrogens with zero attached hydrogens (tertiary/aromatic N) is 1. The second-order valence-electron chi connectivity index (χ2n) is 5.75. The van der Waals surface area contributed by atoms with Crippen LogP contribution < -0.4 is 0 Å². The van der Waals surface area contributed by atoms with Crippen molar-refractivity contribution in [2.75, 3.05) is 26.2 Å². The number of benzene rings is 1. The van der Waals surface area contributed by atoms with Crippen molar-refractivity contribution in [3.8, 4) is 0 Å². The second-order valence-corrected chi connectivity index (χ2v) is 5.75. The molecule has 20 heavy (non-hydrogen) atoms. The van der Waals surface area contributed by atoms with Gasteiger partial charge in [0.1, 0.15) is 0 Å². The van der Waals surface area contributed by atoms with Crippen molar-refractivity contribution in [2.24, 2.45) is 0 Å². The Morgan fingerprint density at radius 1 is 1.30 bits per heavy atom. The van der Waals surface area contributed by atoms with Crippen LogP contribution in [0.25, 0.3) is 0 Å². The smallest absolute Gasteiger partial charge is 0.164 e. The Balaban J connectivity index is 1.88. The quantitative estimate of drug-likeness (QED) is 0.774. The lowest BCUT2D eigenvalue weighted by Gasteiger charge is -2.32. The molecule has 1 fully saturated rings. The highest BCUT2D eigenvalue weighted by molar-refractivity contribution is 5.96. The number of carbonyl (C=O) groups is 1. The van der Waals surface area contributed by atoms with Gasteiger partial charge in [0.05, 0.1) is 12.7 Å². The van der Waals surface area contributed by atoms with Gasteiger partial charge in [0.2, 0.25) is 0 Å². The number of morpholine rings is 1. The number of carbonyl (C=O) groups excluding carboxylic acids is 1. The van der Waals surface area contributed by atoms with E-state index in [2.05, 4.69) is 17.9 Å². The van der Waals surface area contributed by atoms with E-state index >= 15 is 0 Å². The van der Waals surface area contributed by atoms with Crippen LogP contribution >= 0.6 is 0 Å². The molecule has 0 aromatic heterocycles. The van der Waals surface area contributed by atoms with Gasteiger partial charge >= 0.3 is 0 Å². The van der Waals surface area contributed by atoms with Gasteiger partial charge in [-0.2, -0.15) is 0 Å². The number of hydrogen-bond acceptors (Lipinski definition) is 3. The zero-order valence-electron chi connectivity index (χ0n) is 12.8. The second kappa shape index (κ2) is 7.00. The first kappa shape index (κ1) is 15.2. The Hall–Kier alpha value is -1.19. The van der Waals surface area contributed by atoms with Crippen LogP contribution in [0.15, 0.2) is 18.2 Å². The van der Waals surface area contributed by atoms with Crippen LogP contribution in [0.1, 0.15) is 41.3 Å². The van der Waals surface area contributed by atoms with Gasteiger partial charge < -0.3 is 4.74 Å². The molecule has 2 rings (SSSR count). The van der Waals surface area contributed by atoms with E-state index in [0.29, 0.717) is 12.5 Å². The maximum Gasteiger partial charge on any atom is 0.164 e. The van der Waals surface area contributed by atoms with E-state index < -0.39 is 0 Å². The van der Waals surface area contributed by atoms with E-state index in [1.165, 1.54) is 0 Å². The summed E-state index contributed by atoms with van der Waals surface area (Å²) in [4.78, 5) is 14.6. The number of ketones is 1. The molecule has 3 nitrogen and oxygen atoms in total. The minimum atomic E-state index is 0.247. The molecule has 0 saturated carbocycles. The Labute approximate surface area is 121 Å². The largest absolute Gasteiger partial charge is 0.376 e. The molecule has 0 spiro atoms. The number of ether oxygens (including phenoxy) is 1. The summed E-state index contributed by atoms with van der Waals surface area (Å²) in [7, 11) is 0. The average molecular weight is 275 g/mol. The fourth-order valence-corrected chi connectivity index (χ4v) is 2.77. The van der Waals surface area contributed by atoms with E-state index in [0.717, 1.165) is 49.4 Å². The van der Waals surface area contributed by atoms with Crippen molar-refractivity contribution in [3.05, 3.63) is 34.9 Å². The van der Waals surface area contributed by atoms with Gasteiger partial charge in [-0.1, -0.05) is 24.1 Å². The normalized spacial score (nSPS) is 20.1. The molecule has 1 aromatic rings. The van der Waals surface area contributed by atoms with Crippen molar-refractivity contribution in [3.63, 3.8) is 0 Å². The summed E-state index contributed by atoms with van der Waals surface area (Å²) in [5, 5.41) is 0. The van der Waals surface area contributed by atoms with Crippen LogP contribution in [0.4, 0.5) is 0 Å². The van der Waals surface area contributed by atoms with Gasteiger partial charge in [0, 0.05) is 31.6 Å². The molecule has 1 aromatic carbocycles. The van der Waals surface area contributed by atoms with Crippen molar-refractivity contribution >= 4 is 5.78 Å². The first-order valence-corrected chi connectivity index (χ1v) is 7.54. The molecule has 0 radical (unpaired) electrons. The van der Waals surface area contributed by atoms with Crippen LogP contribution in [0, 0.1) is 13.8 Å². The van der Waals surface area contributed by atoms with Crippen molar-refractivity contribution in [1.82, 2.24) is 4.90 Å². The van der Waals surface area contributed by atoms with Crippen LogP contribution in [-0.4, -0.2) is 43.0 Å². The average Bonchev–Trinajstić information content (AvgIpc) is 2.44. The van der Waals surface area contributed by atoms with Crippen molar-refractivity contribution in [2.45, 2.75) is 39.7 Å². The molecule has 1 aliphatic heterocycles. The van der Waals surface area contributed by atoms with E-state index in [9.17, 15) is 4.79 Å². The third-order valence-electron chi connectivity index (χ3n) is 3.88. The van der Waals surface area contributed by atoms with Gasteiger partial charge in [-0.25, -0.2) is 0 Å². The van der Waals surface area contributed by atoms with Gasteiger partial charge in [-0.3, -0.25) is 9.69 Å². The molecule has 0 bridgehead atoms. The monoisotopic (exact) mass is 275 g/mol. The Morgan fingerprint density at radius 2 is 2.00 bits per heavy atom. The van der Waals surface area contributed by atoms with Crippen LogP contribution in [-0.2, 0) is 4.74 Å². The summed E-state index contributed by atoms with van der Waals surface area (Å²) < 4.78 is 5.65. The summed E-state index contributed by atoms with van der Waals surface area (Å²) in [5.74, 6) is 0.247. The van der Waals surface area contributed by atoms with Gasteiger partial charge in [0.25, 0.3) is 0 Å². The standard InChI is InChI=1S/C17H25NO2/c1-4-16-12-18(7-8-20-16)6-5-17(19)15-10-13(2)9-14(3)11-15/h9-11,16H,4-8,12H2,1-3H3. The maximum absolute atomic E-state index is 12.3. The maximum atomic E-state index is 12.3. The lowest BCUT2D eigenvalue weighted by Crippen LogP contribution is -2.42. The van der Waals surface area contributed by atoms with Crippen molar-refractivity contribution in [1.29, 1.82) is 0 Å². The van der Waals surface area contributed by atoms with E-state index in [4.69, 9.17) is 4.74 Å². The molecule has 1 atom stereocenters. The highest BCUT2D eigenvalue weighted by atomic mass is 16.5. The summed E-state index contributed by atoms with van der Waals surface area (Å²) in [6, 6.07) is 6.08. The van der Waals surface area contributed by atoms with Gasteiger partial charge in [-0.05, 0) is 32.4 Å². The zero-order chi connectivity index (χ0) is 14.5. The van der Waals surface area contributed by atoms with E-state index in [1.54, 1.807) is 0 Å². The SMILES string of the molecule is CCC1CN(CCC(=O)c2cc(C)cc(C)c2)CCO1. The number of rotatable bonds is 5. The Kier molecular flexibility index (Phi) is 5.32. The molecule has 3 heteroatoms. The fourth-order valence-electron chi connectivity index (χ4n) is 2.77. The first-order valence-electron chi connectivity index (χ1n) is 7.54. The third kappa shape index (κ3) is 4.15. The van der Waals surface area contributed by atoms with Gasteiger partial charge in [-0.15, -0.1) is 0 Å². The highest BCUT2D eigenvalue weighted by Crippen LogP contribution is 2.13. The summed E-state index contributed by atoms with van der Waals surface area (Å²) in [5.41, 5.74) is 3.17. The van der Waals surface area contributed by atoms with Crippen LogP contribution in [0.2, 0.25) is 0 Å². The number of hydrogen-bond donors (Lipinski definition) is 0. The number of aryl methyl sites for hydroxylation is 2. The molecule has 0 aliphatic carbocycles. The van der Waals surface area contributed by atoms with Gasteiger partial charge in [0.15, 0.2) is 5.78 Å². The minimum Gasteiger partial charge on any atom is -0.376 e. The Bertz CT molecular complexity index is 450. The lowest BCUT2D eigenvalue weighted by molar-refractivity contribution is -0.0293. The molecule has 1 aliphatic rings. The molecule has 0 N–H and O–H groups in total. The lowest BCUT2D eigenvalue weighted by atomic mass is 10.0. The Morgan fingerprint density at radius 3 is 2.65 bits per heavy atom. The molecule has 1 saturated heterocycles. The number of Topliss-reactive ketones (excluding diaryl/α,β-unsaturated/α-hetero) is 1. The third-order valence-corrected chi connectivity index (χ3v) is 3.88. The molecule has 1 unspecified atom stereocenters. The molecule has 0 amide bonds. The molecular weight excluding hydrogens is 250 g/mol. The van der Waals surface area contributed by atoms with Crippen LogP contribution in [0.3, 0.4) is 0 Å². The topological polar surface area (TPSA) is 29.5 Å².